The van der Waals surface area contributed by atoms with Crippen LogP contribution in [0.25, 0.3) is 22.0 Å². The number of pyridine rings is 1. The molecule has 1 aliphatic rings. The van der Waals surface area contributed by atoms with Gasteiger partial charge in [-0.3, -0.25) is 4.79 Å². The summed E-state index contributed by atoms with van der Waals surface area (Å²) in [6, 6.07) is 20.7. The second kappa shape index (κ2) is 8.64. The second-order valence-electron chi connectivity index (χ2n) is 7.70. The molecule has 5 rings (SSSR count). The van der Waals surface area contributed by atoms with Crippen molar-refractivity contribution >= 4 is 28.2 Å². The van der Waals surface area contributed by atoms with E-state index in [4.69, 9.17) is 25.9 Å². The number of oxime groups is 1. The third-order valence-electron chi connectivity index (χ3n) is 5.78. The summed E-state index contributed by atoms with van der Waals surface area (Å²) in [5.74, 6) is 1.35. The zero-order chi connectivity index (χ0) is 22.9. The van der Waals surface area contributed by atoms with Crippen molar-refractivity contribution in [2.75, 3.05) is 14.2 Å². The van der Waals surface area contributed by atoms with Crippen LogP contribution in [-0.2, 0) is 4.84 Å². The number of hydrogen-bond acceptors (Lipinski definition) is 5. The third kappa shape index (κ3) is 3.83. The molecule has 2 heterocycles. The number of benzene rings is 3. The summed E-state index contributed by atoms with van der Waals surface area (Å²) < 4.78 is 10.9. The van der Waals surface area contributed by atoms with Crippen molar-refractivity contribution in [2.24, 2.45) is 5.16 Å². The van der Waals surface area contributed by atoms with Gasteiger partial charge in [-0.25, -0.2) is 0 Å². The molecular formula is C26H21ClN2O4. The third-order valence-corrected chi connectivity index (χ3v) is 6.01. The van der Waals surface area contributed by atoms with Crippen molar-refractivity contribution in [1.82, 2.24) is 4.98 Å². The number of hydrogen-bond donors (Lipinski definition) is 1. The molecule has 166 valence electrons. The molecule has 1 atom stereocenters. The zero-order valence-corrected chi connectivity index (χ0v) is 18.8. The summed E-state index contributed by atoms with van der Waals surface area (Å²) in [5.41, 5.74) is 3.99. The van der Waals surface area contributed by atoms with E-state index in [0.29, 0.717) is 39.7 Å². The highest BCUT2D eigenvalue weighted by Gasteiger charge is 2.30. The Morgan fingerprint density at radius 2 is 1.82 bits per heavy atom. The van der Waals surface area contributed by atoms with Crippen LogP contribution in [0.5, 0.6) is 11.5 Å². The molecule has 0 bridgehead atoms. The van der Waals surface area contributed by atoms with Crippen LogP contribution in [0.15, 0.2) is 76.7 Å². The Kier molecular flexibility index (Phi) is 5.52. The quantitative estimate of drug-likeness (QED) is 0.412. The van der Waals surface area contributed by atoms with Gasteiger partial charge in [0, 0.05) is 33.5 Å². The van der Waals surface area contributed by atoms with E-state index in [1.807, 2.05) is 60.7 Å². The Morgan fingerprint density at radius 3 is 2.58 bits per heavy atom. The van der Waals surface area contributed by atoms with Crippen molar-refractivity contribution in [3.05, 3.63) is 93.2 Å². The van der Waals surface area contributed by atoms with Crippen LogP contribution in [-0.4, -0.2) is 24.9 Å². The highest BCUT2D eigenvalue weighted by molar-refractivity contribution is 6.31. The molecule has 0 saturated heterocycles. The van der Waals surface area contributed by atoms with Crippen LogP contribution >= 0.6 is 11.6 Å². The van der Waals surface area contributed by atoms with Crippen molar-refractivity contribution in [1.29, 1.82) is 0 Å². The fourth-order valence-corrected chi connectivity index (χ4v) is 4.40. The van der Waals surface area contributed by atoms with E-state index >= 15 is 0 Å². The lowest BCUT2D eigenvalue weighted by atomic mass is 9.91. The van der Waals surface area contributed by atoms with Gasteiger partial charge in [-0.15, -0.1) is 0 Å². The van der Waals surface area contributed by atoms with E-state index in [-0.39, 0.29) is 5.56 Å². The number of rotatable bonds is 5. The lowest BCUT2D eigenvalue weighted by molar-refractivity contribution is 0.0835. The smallest absolute Gasteiger partial charge is 0.258 e. The first-order valence-electron chi connectivity index (χ1n) is 10.4. The zero-order valence-electron chi connectivity index (χ0n) is 18.1. The first kappa shape index (κ1) is 21.1. The van der Waals surface area contributed by atoms with Gasteiger partial charge < -0.3 is 19.3 Å². The van der Waals surface area contributed by atoms with E-state index in [2.05, 4.69) is 10.1 Å². The second-order valence-corrected chi connectivity index (χ2v) is 8.14. The molecule has 1 aromatic heterocycles. The Balaban J connectivity index is 1.65. The van der Waals surface area contributed by atoms with Crippen molar-refractivity contribution in [3.8, 4) is 22.6 Å². The molecule has 0 radical (unpaired) electrons. The van der Waals surface area contributed by atoms with Crippen molar-refractivity contribution in [2.45, 2.75) is 12.5 Å². The highest BCUT2D eigenvalue weighted by atomic mass is 35.5. The first-order chi connectivity index (χ1) is 16.1. The summed E-state index contributed by atoms with van der Waals surface area (Å²) >= 11 is 6.32. The number of aromatic nitrogens is 1. The molecule has 0 amide bonds. The fraction of sp³-hybridized carbons (Fsp3) is 0.154. The van der Waals surface area contributed by atoms with E-state index in [0.717, 1.165) is 22.1 Å². The number of ether oxygens (including phenoxy) is 2. The molecule has 1 N–H and O–H groups in total. The lowest BCUT2D eigenvalue weighted by Crippen LogP contribution is -2.20. The average molecular weight is 461 g/mol. The minimum Gasteiger partial charge on any atom is -0.497 e. The number of H-pyrrole nitrogens is 1. The molecule has 1 aliphatic heterocycles. The summed E-state index contributed by atoms with van der Waals surface area (Å²) in [7, 11) is 3.21. The summed E-state index contributed by atoms with van der Waals surface area (Å²) in [5, 5.41) is 5.76. The van der Waals surface area contributed by atoms with Gasteiger partial charge in [0.15, 0.2) is 6.10 Å². The highest BCUT2D eigenvalue weighted by Crippen LogP contribution is 2.39. The first-order valence-corrected chi connectivity index (χ1v) is 10.8. The Hall–Kier alpha value is -3.77. The maximum atomic E-state index is 13.3. The van der Waals surface area contributed by atoms with E-state index in [1.165, 1.54) is 0 Å². The van der Waals surface area contributed by atoms with Crippen LogP contribution in [0.3, 0.4) is 0 Å². The van der Waals surface area contributed by atoms with Gasteiger partial charge in [0.2, 0.25) is 0 Å². The van der Waals surface area contributed by atoms with Crippen molar-refractivity contribution < 1.29 is 14.3 Å². The molecule has 7 heteroatoms. The maximum Gasteiger partial charge on any atom is 0.258 e. The number of halogens is 1. The molecule has 0 saturated carbocycles. The molecule has 0 aliphatic carbocycles. The number of nitrogens with one attached hydrogen (secondary N) is 1. The molecule has 33 heavy (non-hydrogen) atoms. The minimum atomic E-state index is -0.414. The summed E-state index contributed by atoms with van der Waals surface area (Å²) in [6.07, 6.45) is -0.0125. The molecule has 6 nitrogen and oxygen atoms in total. The van der Waals surface area contributed by atoms with E-state index in [1.54, 1.807) is 20.3 Å². The van der Waals surface area contributed by atoms with Crippen LogP contribution in [0, 0.1) is 0 Å². The normalized spacial score (nSPS) is 15.2. The van der Waals surface area contributed by atoms with Gasteiger partial charge in [0.05, 0.1) is 25.5 Å². The van der Waals surface area contributed by atoms with E-state index < -0.39 is 6.10 Å². The molecule has 3 aromatic carbocycles. The summed E-state index contributed by atoms with van der Waals surface area (Å²) in [6.45, 7) is 0. The van der Waals surface area contributed by atoms with E-state index in [9.17, 15) is 4.79 Å². The van der Waals surface area contributed by atoms with Gasteiger partial charge in [-0.05, 0) is 42.0 Å². The van der Waals surface area contributed by atoms with Crippen molar-refractivity contribution in [3.63, 3.8) is 0 Å². The molecule has 4 aromatic rings. The molecule has 0 fully saturated rings. The predicted octanol–water partition coefficient (Wildman–Crippen LogP) is 5.73. The number of methoxy groups -OCH3 is 2. The maximum absolute atomic E-state index is 13.3. The number of fused-ring (bicyclic) bond motifs is 1. The topological polar surface area (TPSA) is 72.9 Å². The van der Waals surface area contributed by atoms with Gasteiger partial charge in [-0.2, -0.15) is 0 Å². The Labute approximate surface area is 195 Å². The summed E-state index contributed by atoms with van der Waals surface area (Å²) in [4.78, 5) is 22.1. The van der Waals surface area contributed by atoms with Crippen LogP contribution in [0.4, 0.5) is 0 Å². The molecular weight excluding hydrogens is 440 g/mol. The van der Waals surface area contributed by atoms with Gasteiger partial charge in [0.1, 0.15) is 11.5 Å². The monoisotopic (exact) mass is 460 g/mol. The van der Waals surface area contributed by atoms with Gasteiger partial charge >= 0.3 is 0 Å². The molecule has 0 spiro atoms. The SMILES string of the molecule is COc1ccc(OC)c([C@H]2CC(c3c(-c4ccccc4)c4cc(Cl)ccc4[nH]c3=O)=NO2)c1. The van der Waals surface area contributed by atoms with Gasteiger partial charge in [-0.1, -0.05) is 47.1 Å². The minimum absolute atomic E-state index is 0.232. The fourth-order valence-electron chi connectivity index (χ4n) is 4.23. The van der Waals surface area contributed by atoms with Crippen LogP contribution < -0.4 is 15.0 Å². The Morgan fingerprint density at radius 1 is 1.00 bits per heavy atom. The largest absolute Gasteiger partial charge is 0.497 e. The Bertz CT molecular complexity index is 1430. The van der Waals surface area contributed by atoms with Crippen LogP contribution in [0.1, 0.15) is 23.7 Å². The standard InChI is InChI=1S/C26H21ClN2O4/c1-31-17-9-11-22(32-2)19(13-17)23-14-21(29-33-23)25-24(15-6-4-3-5-7-15)18-12-16(27)8-10-20(18)28-26(25)30/h3-13,23H,14H2,1-2H3,(H,28,30)/t23-/m1/s1. The van der Waals surface area contributed by atoms with Crippen LogP contribution in [0.2, 0.25) is 5.02 Å². The number of nitrogens with zero attached hydrogens (tertiary/aromatic N) is 1. The average Bonchev–Trinajstić information content (AvgIpc) is 3.33. The predicted molar refractivity (Wildman–Crippen MR) is 130 cm³/mol. The number of aromatic amines is 1. The molecule has 0 unspecified atom stereocenters. The lowest BCUT2D eigenvalue weighted by Gasteiger charge is -2.15. The van der Waals surface area contributed by atoms with Gasteiger partial charge in [0.25, 0.3) is 5.56 Å².